The second-order valence-corrected chi connectivity index (χ2v) is 8.06. The predicted octanol–water partition coefficient (Wildman–Crippen LogP) is 3.41. The van der Waals surface area contributed by atoms with Crippen LogP contribution in [0.4, 0.5) is 10.1 Å². The van der Waals surface area contributed by atoms with E-state index in [1.165, 1.54) is 0 Å². The van der Waals surface area contributed by atoms with Gasteiger partial charge >= 0.3 is 0 Å². The molecule has 0 bridgehead atoms. The third-order valence-corrected chi connectivity index (χ3v) is 6.94. The van der Waals surface area contributed by atoms with Gasteiger partial charge < -0.3 is 10.2 Å². The molecule has 2 saturated carbocycles. The number of nitrogens with one attached hydrogen (secondary N) is 1. The lowest BCUT2D eigenvalue weighted by atomic mass is 9.65. The number of benzene rings is 1. The van der Waals surface area contributed by atoms with Crippen molar-refractivity contribution in [3.63, 3.8) is 0 Å². The number of anilines is 1. The molecular weight excluding hydrogens is 327 g/mol. The predicted molar refractivity (Wildman–Crippen MR) is 94.2 cm³/mol. The lowest BCUT2D eigenvalue weighted by Crippen LogP contribution is -2.43. The van der Waals surface area contributed by atoms with Crippen LogP contribution in [0.5, 0.6) is 0 Å². The second-order valence-electron chi connectivity index (χ2n) is 8.06. The second kappa shape index (κ2) is 5.43. The Morgan fingerprint density at radius 1 is 1.21 bits per heavy atom. The molecule has 1 aromatic rings. The molecule has 3 nitrogen and oxygen atoms in total. The first-order chi connectivity index (χ1) is 11.2. The lowest BCUT2D eigenvalue weighted by molar-refractivity contribution is -0.120. The van der Waals surface area contributed by atoms with Crippen LogP contribution >= 0.6 is 12.4 Å². The third-order valence-electron chi connectivity index (χ3n) is 6.94. The van der Waals surface area contributed by atoms with E-state index in [1.807, 2.05) is 11.0 Å². The van der Waals surface area contributed by atoms with Gasteiger partial charge in [-0.1, -0.05) is 12.5 Å². The zero-order valence-electron chi connectivity index (χ0n) is 13.8. The van der Waals surface area contributed by atoms with Gasteiger partial charge in [0.2, 0.25) is 5.91 Å². The molecule has 2 aliphatic carbocycles. The number of piperidine rings is 1. The van der Waals surface area contributed by atoms with E-state index in [0.29, 0.717) is 6.54 Å². The summed E-state index contributed by atoms with van der Waals surface area (Å²) in [6, 6.07) is 5.25. The van der Waals surface area contributed by atoms with Crippen molar-refractivity contribution in [2.24, 2.45) is 11.3 Å². The van der Waals surface area contributed by atoms with Crippen molar-refractivity contribution in [1.29, 1.82) is 0 Å². The minimum Gasteiger partial charge on any atom is -0.317 e. The minimum absolute atomic E-state index is 0. The fourth-order valence-corrected chi connectivity index (χ4v) is 5.30. The molecule has 2 aliphatic heterocycles. The zero-order chi connectivity index (χ0) is 15.7. The molecule has 130 valence electrons. The summed E-state index contributed by atoms with van der Waals surface area (Å²) < 4.78 is 14.5. The number of hydrogen-bond acceptors (Lipinski definition) is 2. The molecule has 5 rings (SSSR count). The molecule has 1 unspecified atom stereocenters. The van der Waals surface area contributed by atoms with Gasteiger partial charge in [0.05, 0.1) is 5.69 Å². The Hall–Kier alpha value is -1.13. The SMILES string of the molecule is Cl.O=C(C1CC12CCNCC2)N1CC2(CCC2)c2c(F)cccc21. The van der Waals surface area contributed by atoms with Crippen molar-refractivity contribution in [2.75, 3.05) is 24.5 Å². The van der Waals surface area contributed by atoms with Crippen LogP contribution in [0.3, 0.4) is 0 Å². The van der Waals surface area contributed by atoms with Crippen LogP contribution < -0.4 is 10.2 Å². The highest BCUT2D eigenvalue weighted by Crippen LogP contribution is 2.61. The van der Waals surface area contributed by atoms with E-state index >= 15 is 0 Å². The number of fused-ring (bicyclic) bond motifs is 2. The number of carbonyl (C=O) groups excluding carboxylic acids is 1. The maximum Gasteiger partial charge on any atom is 0.230 e. The van der Waals surface area contributed by atoms with Gasteiger partial charge in [-0.3, -0.25) is 4.79 Å². The van der Waals surface area contributed by atoms with Crippen molar-refractivity contribution in [2.45, 2.75) is 43.9 Å². The smallest absolute Gasteiger partial charge is 0.230 e. The molecule has 0 aromatic heterocycles. The molecule has 1 atom stereocenters. The molecule has 4 aliphatic rings. The van der Waals surface area contributed by atoms with Crippen LogP contribution in [0, 0.1) is 17.2 Å². The summed E-state index contributed by atoms with van der Waals surface area (Å²) in [4.78, 5) is 15.1. The van der Waals surface area contributed by atoms with Crippen LogP contribution in [-0.4, -0.2) is 25.5 Å². The van der Waals surface area contributed by atoms with Crippen LogP contribution in [0.2, 0.25) is 0 Å². The first-order valence-electron chi connectivity index (χ1n) is 8.96. The third kappa shape index (κ3) is 2.08. The Morgan fingerprint density at radius 3 is 2.62 bits per heavy atom. The van der Waals surface area contributed by atoms with Crippen LogP contribution in [0.25, 0.3) is 0 Å². The summed E-state index contributed by atoms with van der Waals surface area (Å²) in [5.74, 6) is 0.295. The number of amides is 1. The first-order valence-corrected chi connectivity index (χ1v) is 8.96. The van der Waals surface area contributed by atoms with E-state index in [1.54, 1.807) is 12.1 Å². The number of halogens is 2. The van der Waals surface area contributed by atoms with E-state index < -0.39 is 0 Å². The average molecular weight is 351 g/mol. The van der Waals surface area contributed by atoms with Gasteiger partial charge in [0.15, 0.2) is 0 Å². The van der Waals surface area contributed by atoms with Gasteiger partial charge in [0.25, 0.3) is 0 Å². The van der Waals surface area contributed by atoms with Gasteiger partial charge in [0.1, 0.15) is 5.82 Å². The van der Waals surface area contributed by atoms with Gasteiger partial charge in [-0.15, -0.1) is 12.4 Å². The Balaban J connectivity index is 0.00000146. The minimum atomic E-state index is -0.120. The Kier molecular flexibility index (Phi) is 3.70. The number of rotatable bonds is 1. The molecular formula is C19H24ClFN2O. The number of nitrogens with zero attached hydrogens (tertiary/aromatic N) is 1. The van der Waals surface area contributed by atoms with Crippen molar-refractivity contribution in [1.82, 2.24) is 5.32 Å². The van der Waals surface area contributed by atoms with E-state index in [9.17, 15) is 9.18 Å². The Morgan fingerprint density at radius 2 is 1.96 bits per heavy atom. The van der Waals surface area contributed by atoms with Crippen LogP contribution in [-0.2, 0) is 10.2 Å². The molecule has 5 heteroatoms. The van der Waals surface area contributed by atoms with Crippen molar-refractivity contribution in [3.05, 3.63) is 29.6 Å². The van der Waals surface area contributed by atoms with Gasteiger partial charge in [-0.05, 0) is 62.7 Å². The fraction of sp³-hybridized carbons (Fsp3) is 0.632. The monoisotopic (exact) mass is 350 g/mol. The Labute approximate surface area is 148 Å². The highest BCUT2D eigenvalue weighted by molar-refractivity contribution is 6.00. The van der Waals surface area contributed by atoms with Crippen LogP contribution in [0.15, 0.2) is 18.2 Å². The lowest BCUT2D eigenvalue weighted by Gasteiger charge is -2.39. The summed E-state index contributed by atoms with van der Waals surface area (Å²) in [5.41, 5.74) is 1.82. The quantitative estimate of drug-likeness (QED) is 0.841. The van der Waals surface area contributed by atoms with Crippen molar-refractivity contribution >= 4 is 24.0 Å². The molecule has 2 spiro atoms. The largest absolute Gasteiger partial charge is 0.317 e. The molecule has 0 radical (unpaired) electrons. The summed E-state index contributed by atoms with van der Waals surface area (Å²) in [6.07, 6.45) is 6.43. The molecule has 24 heavy (non-hydrogen) atoms. The van der Waals surface area contributed by atoms with Crippen molar-refractivity contribution in [3.8, 4) is 0 Å². The zero-order valence-corrected chi connectivity index (χ0v) is 14.6. The molecule has 2 heterocycles. The highest BCUT2D eigenvalue weighted by atomic mass is 35.5. The van der Waals surface area contributed by atoms with Crippen molar-refractivity contribution < 1.29 is 9.18 Å². The maximum atomic E-state index is 14.5. The first kappa shape index (κ1) is 16.3. The van der Waals surface area contributed by atoms with Gasteiger partial charge in [-0.25, -0.2) is 4.39 Å². The molecule has 1 aromatic carbocycles. The molecule has 1 saturated heterocycles. The average Bonchev–Trinajstić information content (AvgIpc) is 3.06. The standard InChI is InChI=1S/C19H23FN2O.ClH/c20-14-3-1-4-15-16(14)19(5-2-6-19)12-22(15)17(23)13-11-18(13)7-9-21-10-8-18;/h1,3-4,13,21H,2,5-12H2;1H. The molecule has 3 fully saturated rings. The summed E-state index contributed by atoms with van der Waals surface area (Å²) in [6.45, 7) is 2.75. The molecule has 1 N–H and O–H groups in total. The number of carbonyl (C=O) groups is 1. The summed E-state index contributed by atoms with van der Waals surface area (Å²) in [7, 11) is 0. The summed E-state index contributed by atoms with van der Waals surface area (Å²) in [5, 5.41) is 3.39. The normalized spacial score (nSPS) is 28.2. The van der Waals surface area contributed by atoms with Gasteiger partial charge in [0, 0.05) is 23.4 Å². The maximum absolute atomic E-state index is 14.5. The Bertz CT molecular complexity index is 682. The number of hydrogen-bond donors (Lipinski definition) is 1. The molecule has 1 amide bonds. The van der Waals surface area contributed by atoms with E-state index in [0.717, 1.165) is 62.9 Å². The topological polar surface area (TPSA) is 32.3 Å². The van der Waals surface area contributed by atoms with Crippen LogP contribution in [0.1, 0.15) is 44.1 Å². The summed E-state index contributed by atoms with van der Waals surface area (Å²) >= 11 is 0. The van der Waals surface area contributed by atoms with E-state index in [-0.39, 0.29) is 40.9 Å². The van der Waals surface area contributed by atoms with Gasteiger partial charge in [-0.2, -0.15) is 0 Å². The van der Waals surface area contributed by atoms with E-state index in [4.69, 9.17) is 0 Å². The fourth-order valence-electron chi connectivity index (χ4n) is 5.30. The van der Waals surface area contributed by atoms with E-state index in [2.05, 4.69) is 5.32 Å². The highest BCUT2D eigenvalue weighted by Gasteiger charge is 2.60.